The molecule has 2 aromatic rings. The molecule has 1 spiro atoms. The Morgan fingerprint density at radius 1 is 1.21 bits per heavy atom. The monoisotopic (exact) mass is 469 g/mol. The van der Waals surface area contributed by atoms with Crippen LogP contribution in [0.15, 0.2) is 29.3 Å². The van der Waals surface area contributed by atoms with Gasteiger partial charge in [0.1, 0.15) is 11.5 Å². The summed E-state index contributed by atoms with van der Waals surface area (Å²) < 4.78 is 15.2. The van der Waals surface area contributed by atoms with Crippen LogP contribution in [-0.2, 0) is 13.1 Å². The lowest BCUT2D eigenvalue weighted by atomic mass is 9.82. The number of allylic oxidation sites excluding steroid dienone is 1. The highest BCUT2D eigenvalue weighted by atomic mass is 32.1. The zero-order chi connectivity index (χ0) is 23.2. The summed E-state index contributed by atoms with van der Waals surface area (Å²) in [7, 11) is 3.36. The van der Waals surface area contributed by atoms with Gasteiger partial charge >= 0.3 is 6.03 Å². The topological polar surface area (TPSA) is 71.0 Å². The third kappa shape index (κ3) is 3.58. The lowest BCUT2D eigenvalue weighted by Crippen LogP contribution is -2.53. The first-order valence-corrected chi connectivity index (χ1v) is 12.4. The smallest absolute Gasteiger partial charge is 0.325 e. The molecule has 2 saturated heterocycles. The number of piperidine rings is 1. The third-order valence-corrected chi connectivity index (χ3v) is 7.94. The van der Waals surface area contributed by atoms with E-state index in [9.17, 15) is 4.79 Å². The Morgan fingerprint density at radius 2 is 2.00 bits per heavy atom. The molecule has 0 aliphatic carbocycles. The number of methoxy groups -OCH3 is 2. The average molecular weight is 470 g/mol. The summed E-state index contributed by atoms with van der Waals surface area (Å²) in [6.07, 6.45) is 4.13. The number of hydrogen-bond donors (Lipinski definition) is 0. The number of rotatable bonds is 5. The Bertz CT molecular complexity index is 1060. The molecule has 1 aromatic carbocycles. The van der Waals surface area contributed by atoms with Crippen LogP contribution in [0.1, 0.15) is 49.4 Å². The minimum atomic E-state index is -0.268. The van der Waals surface area contributed by atoms with Gasteiger partial charge in [-0.3, -0.25) is 9.80 Å². The molecule has 2 fully saturated rings. The van der Waals surface area contributed by atoms with Gasteiger partial charge in [0.15, 0.2) is 0 Å². The van der Waals surface area contributed by atoms with E-state index < -0.39 is 0 Å². The first kappa shape index (κ1) is 22.2. The van der Waals surface area contributed by atoms with Gasteiger partial charge in [-0.15, -0.1) is 5.10 Å². The van der Waals surface area contributed by atoms with E-state index in [2.05, 4.69) is 39.3 Å². The molecule has 9 heteroatoms. The molecule has 1 aromatic heterocycles. The summed E-state index contributed by atoms with van der Waals surface area (Å²) in [4.78, 5) is 20.2. The van der Waals surface area contributed by atoms with E-state index in [1.54, 1.807) is 14.2 Å². The fourth-order valence-corrected chi connectivity index (χ4v) is 6.27. The van der Waals surface area contributed by atoms with Crippen molar-refractivity contribution < 1.29 is 14.3 Å². The minimum absolute atomic E-state index is 0.0998. The van der Waals surface area contributed by atoms with E-state index in [0.29, 0.717) is 13.1 Å². The highest BCUT2D eigenvalue weighted by Gasteiger charge is 2.54. The Kier molecular flexibility index (Phi) is 5.78. The molecular formula is C24H31N5O3S. The molecule has 0 N–H and O–H groups in total. The Morgan fingerprint density at radius 3 is 2.64 bits per heavy atom. The van der Waals surface area contributed by atoms with Gasteiger partial charge in [0.05, 0.1) is 32.0 Å². The summed E-state index contributed by atoms with van der Waals surface area (Å²) in [6.45, 7) is 8.17. The van der Waals surface area contributed by atoms with Gasteiger partial charge in [-0.05, 0) is 42.9 Å². The van der Waals surface area contributed by atoms with Gasteiger partial charge in [0.2, 0.25) is 0 Å². The van der Waals surface area contributed by atoms with Crippen LogP contribution in [0.3, 0.4) is 0 Å². The number of likely N-dealkylation sites (N-methyl/N-ethyl adjacent to an activating group) is 1. The minimum Gasteiger partial charge on any atom is -0.497 e. The Hall–Kier alpha value is -2.65. The SMILES string of the molecule is CCN1C(=O)N2Cc3cc(OC)cc(OC)c3[C@@H](C)C=C2C12CCN(Cc1csnn1)CC2. The number of amides is 2. The van der Waals surface area contributed by atoms with Crippen LogP contribution in [0.25, 0.3) is 0 Å². The second kappa shape index (κ2) is 8.61. The number of ether oxygens (including phenoxy) is 2. The van der Waals surface area contributed by atoms with Crippen molar-refractivity contribution in [2.24, 2.45) is 0 Å². The van der Waals surface area contributed by atoms with Crippen LogP contribution in [0, 0.1) is 0 Å². The number of aromatic nitrogens is 2. The number of nitrogens with zero attached hydrogens (tertiary/aromatic N) is 5. The molecule has 1 atom stereocenters. The second-order valence-electron chi connectivity index (χ2n) is 9.06. The maximum atomic E-state index is 13.7. The summed E-state index contributed by atoms with van der Waals surface area (Å²) in [5.74, 6) is 1.69. The van der Waals surface area contributed by atoms with Crippen LogP contribution in [-0.4, -0.2) is 69.7 Å². The normalized spacial score (nSPS) is 22.1. The van der Waals surface area contributed by atoms with Crippen molar-refractivity contribution in [2.75, 3.05) is 33.9 Å². The average Bonchev–Trinajstić information content (AvgIpc) is 3.36. The van der Waals surface area contributed by atoms with Crippen molar-refractivity contribution in [3.63, 3.8) is 0 Å². The summed E-state index contributed by atoms with van der Waals surface area (Å²) in [6, 6.07) is 4.08. The van der Waals surface area contributed by atoms with Gasteiger partial charge in [0.25, 0.3) is 0 Å². The molecule has 0 bridgehead atoms. The van der Waals surface area contributed by atoms with Crippen LogP contribution in [0.5, 0.6) is 11.5 Å². The largest absolute Gasteiger partial charge is 0.497 e. The number of carbonyl (C=O) groups is 1. The number of hydrogen-bond acceptors (Lipinski definition) is 7. The standard InChI is InChI=1S/C24H31N5O3S/c1-5-29-23(30)28-13-17-11-19(31-3)12-20(32-4)22(17)16(2)10-21(28)24(29)6-8-27(9-7-24)14-18-15-33-26-25-18/h10-12,15-16H,5-9,13-14H2,1-4H3/t16-/m0/s1. The van der Waals surface area contributed by atoms with E-state index in [4.69, 9.17) is 9.47 Å². The first-order valence-electron chi connectivity index (χ1n) is 11.5. The van der Waals surface area contributed by atoms with Crippen molar-refractivity contribution in [3.8, 4) is 11.5 Å². The van der Waals surface area contributed by atoms with E-state index in [-0.39, 0.29) is 17.5 Å². The molecule has 0 unspecified atom stereocenters. The summed E-state index contributed by atoms with van der Waals surface area (Å²) >= 11 is 1.39. The first-order chi connectivity index (χ1) is 16.0. The highest BCUT2D eigenvalue weighted by molar-refractivity contribution is 7.03. The number of carbonyl (C=O) groups excluding carboxylic acids is 1. The second-order valence-corrected chi connectivity index (χ2v) is 9.67. The predicted octanol–water partition coefficient (Wildman–Crippen LogP) is 3.85. The molecule has 0 radical (unpaired) electrons. The zero-order valence-electron chi connectivity index (χ0n) is 19.7. The van der Waals surface area contributed by atoms with Crippen molar-refractivity contribution in [2.45, 2.75) is 51.2 Å². The fourth-order valence-electron chi connectivity index (χ4n) is 5.83. The molecule has 3 aliphatic heterocycles. The maximum absolute atomic E-state index is 13.7. The van der Waals surface area contributed by atoms with Crippen LogP contribution in [0.4, 0.5) is 4.79 Å². The predicted molar refractivity (Wildman–Crippen MR) is 127 cm³/mol. The summed E-state index contributed by atoms with van der Waals surface area (Å²) in [5, 5.41) is 6.22. The van der Waals surface area contributed by atoms with Gasteiger partial charge in [0, 0.05) is 54.8 Å². The number of benzene rings is 1. The van der Waals surface area contributed by atoms with E-state index in [0.717, 1.165) is 66.5 Å². The quantitative estimate of drug-likeness (QED) is 0.663. The summed E-state index contributed by atoms with van der Waals surface area (Å²) in [5.41, 5.74) is 4.12. The molecule has 3 aliphatic rings. The molecule has 2 amide bonds. The lowest BCUT2D eigenvalue weighted by molar-refractivity contribution is 0.0882. The van der Waals surface area contributed by atoms with E-state index in [1.807, 2.05) is 22.4 Å². The van der Waals surface area contributed by atoms with Gasteiger partial charge in [-0.2, -0.15) is 0 Å². The highest BCUT2D eigenvalue weighted by Crippen LogP contribution is 2.49. The molecule has 176 valence electrons. The van der Waals surface area contributed by atoms with Gasteiger partial charge in [-0.25, -0.2) is 4.79 Å². The number of fused-ring (bicyclic) bond motifs is 3. The van der Waals surface area contributed by atoms with Gasteiger partial charge < -0.3 is 14.4 Å². The molecule has 0 saturated carbocycles. The van der Waals surface area contributed by atoms with Crippen molar-refractivity contribution >= 4 is 17.6 Å². The van der Waals surface area contributed by atoms with Crippen molar-refractivity contribution in [1.82, 2.24) is 24.3 Å². The maximum Gasteiger partial charge on any atom is 0.325 e. The van der Waals surface area contributed by atoms with Gasteiger partial charge in [-0.1, -0.05) is 17.5 Å². The van der Waals surface area contributed by atoms with Crippen LogP contribution < -0.4 is 9.47 Å². The fraction of sp³-hybridized carbons (Fsp3) is 0.542. The van der Waals surface area contributed by atoms with Crippen molar-refractivity contribution in [3.05, 3.63) is 46.1 Å². The number of urea groups is 1. The van der Waals surface area contributed by atoms with Crippen LogP contribution >= 0.6 is 11.5 Å². The van der Waals surface area contributed by atoms with Crippen molar-refractivity contribution in [1.29, 1.82) is 0 Å². The Balaban J connectivity index is 1.49. The molecule has 33 heavy (non-hydrogen) atoms. The van der Waals surface area contributed by atoms with E-state index >= 15 is 0 Å². The van der Waals surface area contributed by atoms with E-state index in [1.165, 1.54) is 11.5 Å². The molecule has 4 heterocycles. The lowest BCUT2D eigenvalue weighted by Gasteiger charge is -2.44. The van der Waals surface area contributed by atoms with Crippen LogP contribution in [0.2, 0.25) is 0 Å². The third-order valence-electron chi connectivity index (χ3n) is 7.38. The molecular weight excluding hydrogens is 438 g/mol. The molecule has 8 nitrogen and oxygen atoms in total. The Labute approximate surface area is 198 Å². The zero-order valence-corrected chi connectivity index (χ0v) is 20.5. The molecule has 5 rings (SSSR count). The number of likely N-dealkylation sites (tertiary alicyclic amines) is 1.